The van der Waals surface area contributed by atoms with Crippen LogP contribution in [-0.2, 0) is 17.8 Å². The lowest BCUT2D eigenvalue weighted by Gasteiger charge is -2.34. The fourth-order valence-corrected chi connectivity index (χ4v) is 5.54. The second-order valence-electron chi connectivity index (χ2n) is 8.28. The third-order valence-electron chi connectivity index (χ3n) is 5.43. The quantitative estimate of drug-likeness (QED) is 0.393. The van der Waals surface area contributed by atoms with Crippen molar-refractivity contribution >= 4 is 40.6 Å². The number of rotatable bonds is 7. The summed E-state index contributed by atoms with van der Waals surface area (Å²) >= 11 is 9.51. The smallest absolute Gasteiger partial charge is 0.227 e. The van der Waals surface area contributed by atoms with Crippen molar-refractivity contribution in [1.82, 2.24) is 14.8 Å². The monoisotopic (exact) mass is 485 g/mol. The second-order valence-corrected chi connectivity index (χ2v) is 11.3. The number of amides is 1. The largest absolute Gasteiger partial charge is 0.340 e. The van der Waals surface area contributed by atoms with E-state index in [1.54, 1.807) is 11.3 Å². The zero-order valence-corrected chi connectivity index (χ0v) is 20.8. The topological polar surface area (TPSA) is 36.4 Å². The van der Waals surface area contributed by atoms with Crippen molar-refractivity contribution < 1.29 is 4.79 Å². The van der Waals surface area contributed by atoms with E-state index in [0.29, 0.717) is 11.7 Å². The number of hydrogen-bond acceptors (Lipinski definition) is 5. The Morgan fingerprint density at radius 2 is 1.75 bits per heavy atom. The van der Waals surface area contributed by atoms with E-state index in [1.807, 2.05) is 40.9 Å². The minimum atomic E-state index is 0.216. The number of aromatic nitrogens is 1. The van der Waals surface area contributed by atoms with Crippen LogP contribution in [0.25, 0.3) is 11.3 Å². The van der Waals surface area contributed by atoms with Crippen LogP contribution in [0.2, 0.25) is 5.02 Å². The molecule has 0 spiro atoms. The summed E-state index contributed by atoms with van der Waals surface area (Å²) < 4.78 is 0. The van der Waals surface area contributed by atoms with Crippen LogP contribution in [-0.4, -0.2) is 52.1 Å². The summed E-state index contributed by atoms with van der Waals surface area (Å²) in [6.07, 6.45) is 0.476. The molecule has 0 N–H and O–H groups in total. The first kappa shape index (κ1) is 23.3. The van der Waals surface area contributed by atoms with Gasteiger partial charge in [-0.05, 0) is 29.8 Å². The first-order valence-corrected chi connectivity index (χ1v) is 13.1. The molecule has 3 aromatic rings. The molecular weight excluding hydrogens is 458 g/mol. The van der Waals surface area contributed by atoms with Crippen molar-refractivity contribution in [2.24, 2.45) is 0 Å². The predicted octanol–water partition coefficient (Wildman–Crippen LogP) is 5.85. The summed E-state index contributed by atoms with van der Waals surface area (Å²) in [5.41, 5.74) is 3.17. The Kier molecular flexibility index (Phi) is 7.89. The fourth-order valence-electron chi connectivity index (χ4n) is 3.73. The van der Waals surface area contributed by atoms with Gasteiger partial charge in [0.25, 0.3) is 0 Å². The molecule has 0 bridgehead atoms. The maximum atomic E-state index is 12.8. The van der Waals surface area contributed by atoms with E-state index in [1.165, 1.54) is 4.90 Å². The molecule has 0 aliphatic carbocycles. The van der Waals surface area contributed by atoms with Gasteiger partial charge in [-0.25, -0.2) is 4.98 Å². The molecule has 7 heteroatoms. The molecule has 1 amide bonds. The zero-order chi connectivity index (χ0) is 22.5. The van der Waals surface area contributed by atoms with Crippen molar-refractivity contribution in [2.75, 3.05) is 26.2 Å². The minimum Gasteiger partial charge on any atom is -0.340 e. The summed E-state index contributed by atoms with van der Waals surface area (Å²) in [7, 11) is 0. The highest BCUT2D eigenvalue weighted by Crippen LogP contribution is 2.25. The number of thiazole rings is 1. The number of hydrogen-bond donors (Lipinski definition) is 0. The number of halogens is 1. The summed E-state index contributed by atoms with van der Waals surface area (Å²) in [4.78, 5) is 23.2. The average molecular weight is 486 g/mol. The Morgan fingerprint density at radius 3 is 2.41 bits per heavy atom. The molecule has 0 radical (unpaired) electrons. The minimum absolute atomic E-state index is 0.216. The molecule has 4 rings (SSSR count). The Bertz CT molecular complexity index is 1030. The van der Waals surface area contributed by atoms with Gasteiger partial charge in [0.2, 0.25) is 5.91 Å². The maximum absolute atomic E-state index is 12.8. The molecular formula is C25H28ClN3OS2. The molecule has 1 aliphatic heterocycles. The van der Waals surface area contributed by atoms with Gasteiger partial charge in [0.05, 0.1) is 18.7 Å². The van der Waals surface area contributed by atoms with Crippen molar-refractivity contribution in [3.05, 3.63) is 69.5 Å². The molecule has 4 nitrogen and oxygen atoms in total. The van der Waals surface area contributed by atoms with Gasteiger partial charge in [0.15, 0.2) is 0 Å². The predicted molar refractivity (Wildman–Crippen MR) is 136 cm³/mol. The van der Waals surface area contributed by atoms with Crippen LogP contribution in [0, 0.1) is 0 Å². The molecule has 0 atom stereocenters. The van der Waals surface area contributed by atoms with Gasteiger partial charge in [-0.3, -0.25) is 9.69 Å². The summed E-state index contributed by atoms with van der Waals surface area (Å²) in [5.74, 6) is 0.216. The van der Waals surface area contributed by atoms with Crippen molar-refractivity contribution in [1.29, 1.82) is 0 Å². The van der Waals surface area contributed by atoms with E-state index in [9.17, 15) is 4.79 Å². The molecule has 1 aromatic heterocycles. The lowest BCUT2D eigenvalue weighted by atomic mass is 10.1. The number of carbonyl (C=O) groups is 1. The lowest BCUT2D eigenvalue weighted by molar-refractivity contribution is -0.132. The average Bonchev–Trinajstić information content (AvgIpc) is 3.24. The molecule has 2 aromatic carbocycles. The van der Waals surface area contributed by atoms with Crippen molar-refractivity contribution in [3.63, 3.8) is 0 Å². The number of nitrogens with zero attached hydrogens (tertiary/aromatic N) is 3. The van der Waals surface area contributed by atoms with Crippen LogP contribution in [0.4, 0.5) is 0 Å². The first-order valence-electron chi connectivity index (χ1n) is 10.9. The molecule has 1 aliphatic rings. The van der Waals surface area contributed by atoms with E-state index < -0.39 is 0 Å². The Morgan fingerprint density at radius 1 is 1.06 bits per heavy atom. The molecule has 1 saturated heterocycles. The number of benzene rings is 2. The summed E-state index contributed by atoms with van der Waals surface area (Å²) in [6, 6.07) is 16.2. The van der Waals surface area contributed by atoms with Gasteiger partial charge in [0, 0.05) is 52.3 Å². The van der Waals surface area contributed by atoms with Crippen LogP contribution in [0.3, 0.4) is 0 Å². The van der Waals surface area contributed by atoms with E-state index in [0.717, 1.165) is 59.6 Å². The van der Waals surface area contributed by atoms with E-state index in [2.05, 4.69) is 48.4 Å². The Balaban J connectivity index is 1.25. The first-order chi connectivity index (χ1) is 15.5. The molecule has 0 unspecified atom stereocenters. The third-order valence-corrected chi connectivity index (χ3v) is 7.53. The summed E-state index contributed by atoms with van der Waals surface area (Å²) in [5, 5.41) is 4.50. The van der Waals surface area contributed by atoms with Crippen LogP contribution >= 0.6 is 34.7 Å². The van der Waals surface area contributed by atoms with Gasteiger partial charge in [0.1, 0.15) is 5.01 Å². The van der Waals surface area contributed by atoms with Gasteiger partial charge < -0.3 is 4.90 Å². The highest BCUT2D eigenvalue weighted by molar-refractivity contribution is 7.99. The molecule has 2 heterocycles. The zero-order valence-electron chi connectivity index (χ0n) is 18.5. The second kappa shape index (κ2) is 10.8. The molecule has 1 fully saturated rings. The fraction of sp³-hybridized carbons (Fsp3) is 0.360. The number of piperazine rings is 1. The number of thioether (sulfide) groups is 1. The lowest BCUT2D eigenvalue weighted by Crippen LogP contribution is -2.48. The molecule has 0 saturated carbocycles. The number of carbonyl (C=O) groups excluding carboxylic acids is 1. The SMILES string of the molecule is CC(C)Sc1ccc(CC(=O)N2CCN(Cc3nc(-c4ccc(Cl)cc4)cs3)CC2)cc1. The van der Waals surface area contributed by atoms with Gasteiger partial charge in [-0.15, -0.1) is 23.1 Å². The van der Waals surface area contributed by atoms with Crippen molar-refractivity contribution in [3.8, 4) is 11.3 Å². The van der Waals surface area contributed by atoms with Crippen LogP contribution in [0.1, 0.15) is 24.4 Å². The van der Waals surface area contributed by atoms with Gasteiger partial charge in [-0.1, -0.05) is 49.7 Å². The maximum Gasteiger partial charge on any atom is 0.227 e. The van der Waals surface area contributed by atoms with Gasteiger partial charge in [-0.2, -0.15) is 0 Å². The van der Waals surface area contributed by atoms with E-state index in [4.69, 9.17) is 16.6 Å². The van der Waals surface area contributed by atoms with Crippen LogP contribution in [0.15, 0.2) is 58.8 Å². The summed E-state index contributed by atoms with van der Waals surface area (Å²) in [6.45, 7) is 8.51. The van der Waals surface area contributed by atoms with Crippen LogP contribution in [0.5, 0.6) is 0 Å². The third kappa shape index (κ3) is 6.35. The van der Waals surface area contributed by atoms with Crippen molar-refractivity contribution in [2.45, 2.75) is 37.0 Å². The van der Waals surface area contributed by atoms with Gasteiger partial charge >= 0.3 is 0 Å². The standard InChI is InChI=1S/C25H28ClN3OS2/c1-18(2)32-22-9-3-19(4-10-22)15-25(30)29-13-11-28(12-14-29)16-24-27-23(17-31-24)20-5-7-21(26)8-6-20/h3-10,17-18H,11-16H2,1-2H3. The molecule has 168 valence electrons. The Hall–Kier alpha value is -1.86. The highest BCUT2D eigenvalue weighted by Gasteiger charge is 2.22. The van der Waals surface area contributed by atoms with E-state index in [-0.39, 0.29) is 5.91 Å². The highest BCUT2D eigenvalue weighted by atomic mass is 35.5. The normalized spacial score (nSPS) is 14.8. The molecule has 32 heavy (non-hydrogen) atoms. The Labute approximate surface area is 203 Å². The van der Waals surface area contributed by atoms with E-state index >= 15 is 0 Å². The van der Waals surface area contributed by atoms with Crippen LogP contribution < -0.4 is 0 Å².